The van der Waals surface area contributed by atoms with Gasteiger partial charge in [0.05, 0.1) is 0 Å². The average Bonchev–Trinajstić information content (AvgIpc) is 3.11. The maximum absolute atomic E-state index is 12.7. The largest absolute Gasteiger partial charge is 0.454 e. The molecule has 3 rings (SSSR count). The second-order valence-electron chi connectivity index (χ2n) is 9.34. The van der Waals surface area contributed by atoms with E-state index in [0.717, 1.165) is 22.3 Å². The van der Waals surface area contributed by atoms with Crippen molar-refractivity contribution in [3.05, 3.63) is 59.7 Å². The van der Waals surface area contributed by atoms with E-state index in [0.29, 0.717) is 6.42 Å². The molecule has 0 spiro atoms. The van der Waals surface area contributed by atoms with Gasteiger partial charge in [0.25, 0.3) is 5.78 Å². The number of amides is 1. The van der Waals surface area contributed by atoms with Crippen LogP contribution in [-0.4, -0.2) is 48.6 Å². The van der Waals surface area contributed by atoms with E-state index in [9.17, 15) is 14.4 Å². The number of esters is 1. The van der Waals surface area contributed by atoms with Crippen molar-refractivity contribution in [1.82, 2.24) is 5.32 Å². The van der Waals surface area contributed by atoms with Gasteiger partial charge < -0.3 is 26.3 Å². The monoisotopic (exact) mass is 480 g/mol. The Morgan fingerprint density at radius 2 is 1.57 bits per heavy atom. The summed E-state index contributed by atoms with van der Waals surface area (Å²) in [7, 11) is 0. The Kier molecular flexibility index (Phi) is 8.11. The number of rotatable bonds is 9. The third kappa shape index (κ3) is 6.81. The summed E-state index contributed by atoms with van der Waals surface area (Å²) >= 11 is 0. The predicted octanol–water partition coefficient (Wildman–Crippen LogP) is 2.86. The molecule has 2 aromatic carbocycles. The number of fused-ring (bicyclic) bond motifs is 3. The molecule has 0 radical (unpaired) electrons. The molecule has 1 atom stereocenters. The molecule has 2 aromatic rings. The fourth-order valence-electron chi connectivity index (χ4n) is 4.03. The quantitative estimate of drug-likeness (QED) is 0.164. The van der Waals surface area contributed by atoms with Crippen LogP contribution in [0.3, 0.4) is 0 Å². The molecule has 0 saturated heterocycles. The molecule has 1 aliphatic rings. The summed E-state index contributed by atoms with van der Waals surface area (Å²) in [6.07, 6.45) is -0.296. The average molecular weight is 481 g/mol. The Bertz CT molecular complexity index is 1070. The number of benzene rings is 2. The van der Waals surface area contributed by atoms with Gasteiger partial charge in [0.1, 0.15) is 18.2 Å². The van der Waals surface area contributed by atoms with Gasteiger partial charge in [0, 0.05) is 12.5 Å². The molecule has 0 fully saturated rings. The highest BCUT2D eigenvalue weighted by molar-refractivity contribution is 6.36. The van der Waals surface area contributed by atoms with Crippen molar-refractivity contribution < 1.29 is 23.9 Å². The van der Waals surface area contributed by atoms with Crippen LogP contribution in [0.4, 0.5) is 4.79 Å². The number of nitrogens with zero attached hydrogens (tertiary/aromatic N) is 1. The Labute approximate surface area is 204 Å². The van der Waals surface area contributed by atoms with Gasteiger partial charge in [-0.1, -0.05) is 48.5 Å². The van der Waals surface area contributed by atoms with Crippen LogP contribution in [0.1, 0.15) is 50.7 Å². The summed E-state index contributed by atoms with van der Waals surface area (Å²) in [6, 6.07) is 14.8. The summed E-state index contributed by atoms with van der Waals surface area (Å²) in [5, 5.41) is 2.52. The molecule has 0 heterocycles. The summed E-state index contributed by atoms with van der Waals surface area (Å²) < 4.78 is 10.7. The third-order valence-electron chi connectivity index (χ3n) is 5.50. The van der Waals surface area contributed by atoms with Crippen LogP contribution in [0.5, 0.6) is 0 Å². The molecule has 186 valence electrons. The van der Waals surface area contributed by atoms with Crippen molar-refractivity contribution >= 4 is 23.8 Å². The Morgan fingerprint density at radius 1 is 1.00 bits per heavy atom. The van der Waals surface area contributed by atoms with Gasteiger partial charge in [-0.2, -0.15) is 0 Å². The first-order chi connectivity index (χ1) is 16.6. The summed E-state index contributed by atoms with van der Waals surface area (Å²) in [5.74, 6) is -2.10. The summed E-state index contributed by atoms with van der Waals surface area (Å²) in [5.41, 5.74) is 14.2. The molecule has 1 amide bonds. The van der Waals surface area contributed by atoms with Gasteiger partial charge in [-0.3, -0.25) is 9.79 Å². The number of hydrogen-bond donors (Lipinski definition) is 3. The maximum Gasteiger partial charge on any atom is 0.407 e. The van der Waals surface area contributed by atoms with Crippen molar-refractivity contribution in [2.45, 2.75) is 51.2 Å². The number of Topliss-reactive ketones (excluding diaryl/α,β-unsaturated/α-hetero) is 1. The number of nitrogens with one attached hydrogen (secondary N) is 1. The zero-order valence-corrected chi connectivity index (χ0v) is 20.2. The topological polar surface area (TPSA) is 146 Å². The Balaban J connectivity index is 1.67. The highest BCUT2D eigenvalue weighted by Gasteiger charge is 2.32. The van der Waals surface area contributed by atoms with Crippen molar-refractivity contribution in [3.8, 4) is 11.1 Å². The van der Waals surface area contributed by atoms with Crippen LogP contribution in [0.25, 0.3) is 11.1 Å². The van der Waals surface area contributed by atoms with E-state index in [2.05, 4.69) is 10.3 Å². The highest BCUT2D eigenvalue weighted by atomic mass is 16.6. The van der Waals surface area contributed by atoms with E-state index >= 15 is 0 Å². The number of guanidine groups is 1. The molecular formula is C26H32N4O5. The molecule has 5 N–H and O–H groups in total. The second-order valence-corrected chi connectivity index (χ2v) is 9.34. The summed E-state index contributed by atoms with van der Waals surface area (Å²) in [4.78, 5) is 41.6. The highest BCUT2D eigenvalue weighted by Crippen LogP contribution is 2.44. The molecule has 0 saturated carbocycles. The molecule has 1 aliphatic carbocycles. The lowest BCUT2D eigenvalue weighted by atomic mass is 9.98. The van der Waals surface area contributed by atoms with E-state index in [1.165, 1.54) is 0 Å². The first-order valence-electron chi connectivity index (χ1n) is 11.5. The first kappa shape index (κ1) is 25.7. The van der Waals surface area contributed by atoms with E-state index in [-0.39, 0.29) is 31.4 Å². The Hall–Kier alpha value is -3.88. The molecule has 9 nitrogen and oxygen atoms in total. The van der Waals surface area contributed by atoms with E-state index < -0.39 is 29.5 Å². The molecule has 0 aromatic heterocycles. The molecular weight excluding hydrogens is 448 g/mol. The minimum atomic E-state index is -1.13. The lowest BCUT2D eigenvalue weighted by Gasteiger charge is -2.22. The minimum absolute atomic E-state index is 0.0792. The van der Waals surface area contributed by atoms with Crippen molar-refractivity contribution in [3.63, 3.8) is 0 Å². The van der Waals surface area contributed by atoms with Crippen molar-refractivity contribution in [2.75, 3.05) is 13.2 Å². The number of alkyl carbamates (subject to hydrolysis) is 1. The third-order valence-corrected chi connectivity index (χ3v) is 5.50. The van der Waals surface area contributed by atoms with Crippen molar-refractivity contribution in [1.29, 1.82) is 0 Å². The van der Waals surface area contributed by atoms with Gasteiger partial charge in [-0.05, 0) is 55.9 Å². The molecule has 35 heavy (non-hydrogen) atoms. The Morgan fingerprint density at radius 3 is 2.11 bits per heavy atom. The number of carbonyl (C=O) groups is 3. The van der Waals surface area contributed by atoms with Gasteiger partial charge in [-0.25, -0.2) is 9.59 Å². The van der Waals surface area contributed by atoms with Crippen LogP contribution in [0.15, 0.2) is 53.5 Å². The number of ketones is 1. The van der Waals surface area contributed by atoms with E-state index in [1.807, 2.05) is 48.5 Å². The predicted molar refractivity (Wildman–Crippen MR) is 133 cm³/mol. The number of hydrogen-bond acceptors (Lipinski definition) is 6. The van der Waals surface area contributed by atoms with Gasteiger partial charge >= 0.3 is 12.1 Å². The minimum Gasteiger partial charge on any atom is -0.454 e. The SMILES string of the molecule is CC(C)(C)OC(=O)C(=O)[C@H](CCCN=C(N)N)NC(=O)OCC1c2ccccc2-c2ccccc21. The smallest absolute Gasteiger partial charge is 0.407 e. The number of ether oxygens (including phenoxy) is 2. The number of carbonyl (C=O) groups excluding carboxylic acids is 3. The normalized spacial score (nSPS) is 13.2. The first-order valence-corrected chi connectivity index (χ1v) is 11.5. The molecule has 0 bridgehead atoms. The number of nitrogens with two attached hydrogens (primary N) is 2. The van der Waals surface area contributed by atoms with Crippen LogP contribution in [0.2, 0.25) is 0 Å². The maximum atomic E-state index is 12.7. The zero-order valence-electron chi connectivity index (χ0n) is 20.2. The molecule has 0 unspecified atom stereocenters. The molecule has 9 heteroatoms. The standard InChI is InChI=1S/C26H32N4O5/c1-26(2,3)35-23(32)22(31)21(13-8-14-29-24(27)28)30-25(33)34-15-20-18-11-6-4-9-16(18)17-10-5-7-12-19(17)20/h4-7,9-12,20-21H,8,13-15H2,1-3H3,(H,30,33)(H4,27,28,29)/t21-/m0/s1. The lowest BCUT2D eigenvalue weighted by Crippen LogP contribution is -2.46. The summed E-state index contributed by atoms with van der Waals surface area (Å²) in [6.45, 7) is 5.30. The van der Waals surface area contributed by atoms with Crippen LogP contribution < -0.4 is 16.8 Å². The van der Waals surface area contributed by atoms with Gasteiger partial charge in [-0.15, -0.1) is 0 Å². The van der Waals surface area contributed by atoms with E-state index in [1.54, 1.807) is 20.8 Å². The van der Waals surface area contributed by atoms with Crippen molar-refractivity contribution in [2.24, 2.45) is 16.5 Å². The fraction of sp³-hybridized carbons (Fsp3) is 0.385. The van der Waals surface area contributed by atoms with Crippen LogP contribution in [0, 0.1) is 0 Å². The van der Waals surface area contributed by atoms with Gasteiger partial charge in [0.2, 0.25) is 0 Å². The zero-order chi connectivity index (χ0) is 25.6. The van der Waals surface area contributed by atoms with Crippen LogP contribution in [-0.2, 0) is 19.1 Å². The van der Waals surface area contributed by atoms with E-state index in [4.69, 9.17) is 20.9 Å². The fourth-order valence-corrected chi connectivity index (χ4v) is 4.03. The van der Waals surface area contributed by atoms with Gasteiger partial charge in [0.15, 0.2) is 5.96 Å². The molecule has 0 aliphatic heterocycles. The lowest BCUT2D eigenvalue weighted by molar-refractivity contribution is -0.163. The second kappa shape index (κ2) is 11.0. The number of aliphatic imine (C=N–C) groups is 1. The van der Waals surface area contributed by atoms with Crippen LogP contribution >= 0.6 is 0 Å².